The van der Waals surface area contributed by atoms with E-state index in [9.17, 15) is 18.0 Å². The van der Waals surface area contributed by atoms with Crippen molar-refractivity contribution in [3.63, 3.8) is 0 Å². The van der Waals surface area contributed by atoms with Gasteiger partial charge in [-0.1, -0.05) is 12.1 Å². The Hall–Kier alpha value is -2.23. The van der Waals surface area contributed by atoms with Gasteiger partial charge in [0.05, 0.1) is 0 Å². The molecule has 27 heavy (non-hydrogen) atoms. The molecule has 1 aromatic carbocycles. The van der Waals surface area contributed by atoms with Gasteiger partial charge in [0.1, 0.15) is 9.77 Å². The lowest BCUT2D eigenvalue weighted by molar-refractivity contribution is 0.0695. The predicted octanol–water partition coefficient (Wildman–Crippen LogP) is 2.55. The molecular weight excluding hydrogens is 388 g/mol. The van der Waals surface area contributed by atoms with Crippen molar-refractivity contribution in [3.8, 4) is 0 Å². The lowest BCUT2D eigenvalue weighted by Gasteiger charge is -2.26. The maximum Gasteiger partial charge on any atom is 0.347 e. The molecule has 3 rings (SSSR count). The number of nitrogens with one attached hydrogen (secondary N) is 1. The van der Waals surface area contributed by atoms with Crippen LogP contribution in [0.1, 0.15) is 44.9 Å². The molecule has 0 atom stereocenters. The summed E-state index contributed by atoms with van der Waals surface area (Å²) in [5, 5.41) is 10.5. The van der Waals surface area contributed by atoms with Crippen LogP contribution in [0.15, 0.2) is 40.6 Å². The van der Waals surface area contributed by atoms with Crippen molar-refractivity contribution in [3.05, 3.63) is 51.7 Å². The zero-order valence-electron chi connectivity index (χ0n) is 14.6. The Balaban J connectivity index is 1.65. The van der Waals surface area contributed by atoms with Crippen LogP contribution in [0.3, 0.4) is 0 Å². The summed E-state index contributed by atoms with van der Waals surface area (Å²) in [6, 6.07) is 8.05. The van der Waals surface area contributed by atoms with Crippen molar-refractivity contribution < 1.29 is 23.1 Å². The number of rotatable bonds is 6. The molecule has 0 aliphatic carbocycles. The first-order chi connectivity index (χ1) is 12.9. The Kier molecular flexibility index (Phi) is 5.93. The number of carbonyl (C=O) groups is 2. The lowest BCUT2D eigenvalue weighted by atomic mass is 10.1. The van der Waals surface area contributed by atoms with Gasteiger partial charge in [0.15, 0.2) is 0 Å². The molecule has 144 valence electrons. The fraction of sp³-hybridized carbons (Fsp3) is 0.333. The van der Waals surface area contributed by atoms with E-state index in [-0.39, 0.29) is 22.2 Å². The van der Waals surface area contributed by atoms with E-state index in [4.69, 9.17) is 5.11 Å². The number of carboxylic acids is 1. The third kappa shape index (κ3) is 4.55. The molecule has 1 aliphatic heterocycles. The molecule has 2 N–H and O–H groups in total. The van der Waals surface area contributed by atoms with E-state index < -0.39 is 16.0 Å². The highest BCUT2D eigenvalue weighted by Crippen LogP contribution is 2.22. The molecule has 0 saturated carbocycles. The number of carbonyl (C=O) groups excluding carboxylic acids is 1. The van der Waals surface area contributed by atoms with Gasteiger partial charge in [0.25, 0.3) is 5.91 Å². The molecule has 1 aliphatic rings. The molecule has 7 nitrogen and oxygen atoms in total. The second-order valence-corrected chi connectivity index (χ2v) is 8.94. The van der Waals surface area contributed by atoms with Crippen LogP contribution in [0.5, 0.6) is 0 Å². The molecule has 2 aromatic rings. The summed E-state index contributed by atoms with van der Waals surface area (Å²) in [4.78, 5) is 24.9. The molecule has 1 amide bonds. The number of hydrogen-bond acceptors (Lipinski definition) is 5. The number of sulfonamides is 1. The second kappa shape index (κ2) is 8.20. The molecule has 1 fully saturated rings. The van der Waals surface area contributed by atoms with E-state index in [2.05, 4.69) is 4.72 Å². The number of thiophene rings is 1. The standard InChI is InChI=1S/C18H20N2O5S2/c21-17(20-9-2-1-3-10-20)14-6-4-13(5-7-14)12-19-27(24,25)15-8-11-26-16(15)18(22)23/h4-8,11,19H,1-3,9-10,12H2,(H,22,23). The number of aromatic carboxylic acids is 1. The number of piperidine rings is 1. The predicted molar refractivity (Wildman–Crippen MR) is 102 cm³/mol. The minimum absolute atomic E-state index is 0.00814. The number of likely N-dealkylation sites (tertiary alicyclic amines) is 1. The van der Waals surface area contributed by atoms with Crippen LogP contribution >= 0.6 is 11.3 Å². The Bertz CT molecular complexity index is 929. The summed E-state index contributed by atoms with van der Waals surface area (Å²) in [5.74, 6) is -1.28. The first kappa shape index (κ1) is 19.5. The van der Waals surface area contributed by atoms with Crippen LogP contribution in [0.4, 0.5) is 0 Å². The quantitative estimate of drug-likeness (QED) is 0.764. The number of carboxylic acid groups (broad SMARTS) is 1. The number of amides is 1. The molecular formula is C18H20N2O5S2. The van der Waals surface area contributed by atoms with Crippen molar-refractivity contribution >= 4 is 33.2 Å². The van der Waals surface area contributed by atoms with Crippen LogP contribution < -0.4 is 4.72 Å². The lowest BCUT2D eigenvalue weighted by Crippen LogP contribution is -2.35. The Morgan fingerprint density at radius 1 is 1.07 bits per heavy atom. The summed E-state index contributed by atoms with van der Waals surface area (Å²) in [7, 11) is -3.93. The molecule has 0 unspecified atom stereocenters. The monoisotopic (exact) mass is 408 g/mol. The van der Waals surface area contributed by atoms with Gasteiger partial charge >= 0.3 is 5.97 Å². The number of nitrogens with zero attached hydrogens (tertiary/aromatic N) is 1. The van der Waals surface area contributed by atoms with E-state index in [0.29, 0.717) is 11.1 Å². The van der Waals surface area contributed by atoms with Gasteiger partial charge in [-0.2, -0.15) is 0 Å². The van der Waals surface area contributed by atoms with E-state index >= 15 is 0 Å². The molecule has 0 radical (unpaired) electrons. The average Bonchev–Trinajstić information content (AvgIpc) is 3.18. The Morgan fingerprint density at radius 3 is 2.37 bits per heavy atom. The SMILES string of the molecule is O=C(O)c1sccc1S(=O)(=O)NCc1ccc(C(=O)N2CCCCC2)cc1. The summed E-state index contributed by atoms with van der Waals surface area (Å²) in [6.45, 7) is 1.55. The number of benzene rings is 1. The molecule has 2 heterocycles. The molecule has 9 heteroatoms. The van der Waals surface area contributed by atoms with Crippen LogP contribution in [0.25, 0.3) is 0 Å². The van der Waals surface area contributed by atoms with E-state index in [1.165, 1.54) is 11.4 Å². The van der Waals surface area contributed by atoms with Gasteiger partial charge in [-0.05, 0) is 48.4 Å². The summed E-state index contributed by atoms with van der Waals surface area (Å²) < 4.78 is 27.1. The first-order valence-corrected chi connectivity index (χ1v) is 10.9. The maximum atomic E-state index is 12.4. The fourth-order valence-corrected chi connectivity index (χ4v) is 5.24. The minimum atomic E-state index is -3.93. The van der Waals surface area contributed by atoms with Crippen molar-refractivity contribution in [1.29, 1.82) is 0 Å². The van der Waals surface area contributed by atoms with Gasteiger partial charge in [0, 0.05) is 25.2 Å². The average molecular weight is 409 g/mol. The molecule has 0 spiro atoms. The minimum Gasteiger partial charge on any atom is -0.477 e. The highest BCUT2D eigenvalue weighted by molar-refractivity contribution is 7.89. The zero-order chi connectivity index (χ0) is 19.4. The third-order valence-electron chi connectivity index (χ3n) is 4.42. The van der Waals surface area contributed by atoms with Gasteiger partial charge in [-0.15, -0.1) is 11.3 Å². The summed E-state index contributed by atoms with van der Waals surface area (Å²) in [5.41, 5.74) is 1.26. The molecule has 1 aromatic heterocycles. The van der Waals surface area contributed by atoms with Crippen LogP contribution in [0, 0.1) is 0 Å². The van der Waals surface area contributed by atoms with Crippen molar-refractivity contribution in [1.82, 2.24) is 9.62 Å². The largest absolute Gasteiger partial charge is 0.477 e. The second-order valence-electron chi connectivity index (χ2n) is 6.29. The van der Waals surface area contributed by atoms with Crippen molar-refractivity contribution in [2.45, 2.75) is 30.7 Å². The molecule has 0 bridgehead atoms. The smallest absolute Gasteiger partial charge is 0.347 e. The van der Waals surface area contributed by atoms with E-state index in [1.807, 2.05) is 4.90 Å². The third-order valence-corrected chi connectivity index (χ3v) is 6.90. The fourth-order valence-electron chi connectivity index (χ4n) is 2.97. The summed E-state index contributed by atoms with van der Waals surface area (Å²) >= 11 is 0.864. The highest BCUT2D eigenvalue weighted by atomic mass is 32.2. The van der Waals surface area contributed by atoms with Gasteiger partial charge in [0.2, 0.25) is 10.0 Å². The van der Waals surface area contributed by atoms with Gasteiger partial charge in [-0.3, -0.25) is 4.79 Å². The van der Waals surface area contributed by atoms with Crippen molar-refractivity contribution in [2.75, 3.05) is 13.1 Å². The van der Waals surface area contributed by atoms with E-state index in [0.717, 1.165) is 43.7 Å². The Morgan fingerprint density at radius 2 is 1.74 bits per heavy atom. The maximum absolute atomic E-state index is 12.4. The first-order valence-electron chi connectivity index (χ1n) is 8.57. The van der Waals surface area contributed by atoms with Gasteiger partial charge < -0.3 is 10.0 Å². The van der Waals surface area contributed by atoms with Crippen LogP contribution in [-0.4, -0.2) is 43.4 Å². The topological polar surface area (TPSA) is 104 Å². The summed E-state index contributed by atoms with van der Waals surface area (Å²) in [6.07, 6.45) is 3.19. The van der Waals surface area contributed by atoms with E-state index in [1.54, 1.807) is 24.3 Å². The van der Waals surface area contributed by atoms with Gasteiger partial charge in [-0.25, -0.2) is 17.9 Å². The van der Waals surface area contributed by atoms with Crippen LogP contribution in [-0.2, 0) is 16.6 Å². The van der Waals surface area contributed by atoms with Crippen LogP contribution in [0.2, 0.25) is 0 Å². The van der Waals surface area contributed by atoms with Crippen molar-refractivity contribution in [2.24, 2.45) is 0 Å². The highest BCUT2D eigenvalue weighted by Gasteiger charge is 2.23. The molecule has 1 saturated heterocycles. The number of hydrogen-bond donors (Lipinski definition) is 2. The Labute approximate surface area is 161 Å². The normalized spacial score (nSPS) is 14.9. The zero-order valence-corrected chi connectivity index (χ0v) is 16.2.